The number of aryl methyl sites for hydroxylation is 1. The van der Waals surface area contributed by atoms with Crippen LogP contribution in [0.4, 0.5) is 11.5 Å². The number of hydrogen-bond acceptors (Lipinski definition) is 4. The summed E-state index contributed by atoms with van der Waals surface area (Å²) in [6.07, 6.45) is 5.05. The molecular weight excluding hydrogens is 367 g/mol. The molecule has 140 valence electrons. The highest BCUT2D eigenvalue weighted by Crippen LogP contribution is 2.40. The average Bonchev–Trinajstić information content (AvgIpc) is 2.59. The molecule has 1 aromatic heterocycles. The molecule has 4 nitrogen and oxygen atoms in total. The first-order valence-corrected chi connectivity index (χ1v) is 9.98. The summed E-state index contributed by atoms with van der Waals surface area (Å²) in [5.41, 5.74) is 9.29. The molecule has 0 saturated carbocycles. The Kier molecular flexibility index (Phi) is 5.75. The predicted octanol–water partition coefficient (Wildman–Crippen LogP) is 5.54. The minimum Gasteiger partial charge on any atom is -0.325 e. The quantitative estimate of drug-likeness (QED) is 0.725. The van der Waals surface area contributed by atoms with Crippen molar-refractivity contribution in [3.63, 3.8) is 0 Å². The fraction of sp³-hybridized carbons (Fsp3) is 0.500. The first-order valence-electron chi connectivity index (χ1n) is 9.23. The van der Waals surface area contributed by atoms with Gasteiger partial charge in [-0.1, -0.05) is 43.0 Å². The second-order valence-electron chi connectivity index (χ2n) is 7.29. The van der Waals surface area contributed by atoms with E-state index in [4.69, 9.17) is 38.9 Å². The van der Waals surface area contributed by atoms with E-state index in [9.17, 15) is 0 Å². The lowest BCUT2D eigenvalue weighted by Gasteiger charge is -2.35. The third-order valence-corrected chi connectivity index (χ3v) is 5.49. The van der Waals surface area contributed by atoms with Crippen LogP contribution in [0.2, 0.25) is 10.0 Å². The van der Waals surface area contributed by atoms with Crippen molar-refractivity contribution in [3.8, 4) is 0 Å². The summed E-state index contributed by atoms with van der Waals surface area (Å²) in [6.45, 7) is 7.05. The van der Waals surface area contributed by atoms with Crippen LogP contribution in [0.15, 0.2) is 18.2 Å². The van der Waals surface area contributed by atoms with E-state index in [1.54, 1.807) is 6.07 Å². The van der Waals surface area contributed by atoms with Crippen LogP contribution >= 0.6 is 23.2 Å². The smallest absolute Gasteiger partial charge is 0.140 e. The Morgan fingerprint density at radius 2 is 2.04 bits per heavy atom. The van der Waals surface area contributed by atoms with Gasteiger partial charge in [0, 0.05) is 17.1 Å². The van der Waals surface area contributed by atoms with Crippen molar-refractivity contribution in [1.29, 1.82) is 0 Å². The molecular formula is C20H26Cl2N4. The van der Waals surface area contributed by atoms with Gasteiger partial charge in [-0.25, -0.2) is 9.97 Å². The highest BCUT2D eigenvalue weighted by molar-refractivity contribution is 6.36. The number of aromatic nitrogens is 2. The number of fused-ring (bicyclic) bond motifs is 1. The van der Waals surface area contributed by atoms with Gasteiger partial charge in [0.15, 0.2) is 0 Å². The van der Waals surface area contributed by atoms with Crippen LogP contribution in [0.3, 0.4) is 0 Å². The maximum Gasteiger partial charge on any atom is 0.140 e. The van der Waals surface area contributed by atoms with Crippen molar-refractivity contribution in [1.82, 2.24) is 9.97 Å². The Labute approximate surface area is 165 Å². The predicted molar refractivity (Wildman–Crippen MR) is 110 cm³/mol. The highest BCUT2D eigenvalue weighted by atomic mass is 35.5. The lowest BCUT2D eigenvalue weighted by Crippen LogP contribution is -2.38. The molecule has 1 atom stereocenters. The number of nitrogens with two attached hydrogens (primary N) is 1. The summed E-state index contributed by atoms with van der Waals surface area (Å²) in [5, 5.41) is 1.26. The zero-order valence-electron chi connectivity index (χ0n) is 15.6. The monoisotopic (exact) mass is 392 g/mol. The zero-order chi connectivity index (χ0) is 18.9. The van der Waals surface area contributed by atoms with E-state index in [-0.39, 0.29) is 0 Å². The third kappa shape index (κ3) is 3.83. The largest absolute Gasteiger partial charge is 0.325 e. The SMILES string of the molecule is CCCCC(C)(N)c1nc(C)nc2c1CCCN2c1ccc(Cl)cc1Cl. The zero-order valence-corrected chi connectivity index (χ0v) is 17.2. The lowest BCUT2D eigenvalue weighted by atomic mass is 9.86. The molecule has 0 spiro atoms. The minimum absolute atomic E-state index is 0.458. The van der Waals surface area contributed by atoms with E-state index in [0.29, 0.717) is 10.0 Å². The molecule has 0 radical (unpaired) electrons. The summed E-state index contributed by atoms with van der Waals surface area (Å²) in [5.74, 6) is 1.67. The standard InChI is InChI=1S/C20H26Cl2N4/c1-4-5-10-20(3,23)18-15-7-6-11-26(19(15)25-13(2)24-18)17-9-8-14(21)12-16(17)22/h8-9,12H,4-7,10-11,23H2,1-3H3. The van der Waals surface area contributed by atoms with Crippen LogP contribution in [-0.2, 0) is 12.0 Å². The molecule has 2 N–H and O–H groups in total. The molecule has 0 fully saturated rings. The van der Waals surface area contributed by atoms with Crippen LogP contribution in [-0.4, -0.2) is 16.5 Å². The molecule has 1 aliphatic heterocycles. The average molecular weight is 393 g/mol. The number of benzene rings is 1. The molecule has 3 rings (SSSR count). The second kappa shape index (κ2) is 7.71. The van der Waals surface area contributed by atoms with Gasteiger partial charge in [0.2, 0.25) is 0 Å². The number of hydrogen-bond donors (Lipinski definition) is 1. The van der Waals surface area contributed by atoms with Gasteiger partial charge < -0.3 is 10.6 Å². The molecule has 1 unspecified atom stereocenters. The maximum atomic E-state index is 6.70. The Balaban J connectivity index is 2.10. The van der Waals surface area contributed by atoms with Crippen LogP contribution in [0.1, 0.15) is 56.6 Å². The number of rotatable bonds is 5. The Morgan fingerprint density at radius 1 is 1.27 bits per heavy atom. The van der Waals surface area contributed by atoms with Gasteiger partial charge in [-0.05, 0) is 51.3 Å². The van der Waals surface area contributed by atoms with Crippen molar-refractivity contribution in [2.75, 3.05) is 11.4 Å². The van der Waals surface area contributed by atoms with E-state index in [2.05, 4.69) is 18.7 Å². The molecule has 0 saturated heterocycles. The van der Waals surface area contributed by atoms with E-state index < -0.39 is 5.54 Å². The molecule has 1 aromatic carbocycles. The van der Waals surface area contributed by atoms with Crippen LogP contribution < -0.4 is 10.6 Å². The van der Waals surface area contributed by atoms with Crippen molar-refractivity contribution in [2.24, 2.45) is 5.73 Å². The number of anilines is 2. The fourth-order valence-electron chi connectivity index (χ4n) is 3.62. The summed E-state index contributed by atoms with van der Waals surface area (Å²) in [4.78, 5) is 11.7. The van der Waals surface area contributed by atoms with Crippen molar-refractivity contribution in [3.05, 3.63) is 45.3 Å². The molecule has 0 aliphatic carbocycles. The summed E-state index contributed by atoms with van der Waals surface area (Å²) < 4.78 is 0. The molecule has 2 heterocycles. The maximum absolute atomic E-state index is 6.70. The minimum atomic E-state index is -0.458. The van der Waals surface area contributed by atoms with Gasteiger partial charge in [0.05, 0.1) is 21.9 Å². The van der Waals surface area contributed by atoms with Crippen molar-refractivity contribution < 1.29 is 0 Å². The first kappa shape index (κ1) is 19.4. The fourth-order valence-corrected chi connectivity index (χ4v) is 4.13. The van der Waals surface area contributed by atoms with Crippen LogP contribution in [0.5, 0.6) is 0 Å². The highest BCUT2D eigenvalue weighted by Gasteiger charge is 2.32. The van der Waals surface area contributed by atoms with Gasteiger partial charge in [-0.2, -0.15) is 0 Å². The number of nitrogens with zero attached hydrogens (tertiary/aromatic N) is 3. The van der Waals surface area contributed by atoms with Crippen LogP contribution in [0, 0.1) is 6.92 Å². The van der Waals surface area contributed by atoms with Gasteiger partial charge in [-0.15, -0.1) is 0 Å². The molecule has 6 heteroatoms. The molecule has 1 aliphatic rings. The van der Waals surface area contributed by atoms with Crippen LogP contribution in [0.25, 0.3) is 0 Å². The topological polar surface area (TPSA) is 55.0 Å². The van der Waals surface area contributed by atoms with Gasteiger partial charge in [0.1, 0.15) is 11.6 Å². The van der Waals surface area contributed by atoms with Gasteiger partial charge in [0.25, 0.3) is 0 Å². The van der Waals surface area contributed by atoms with E-state index in [1.807, 2.05) is 19.1 Å². The Hall–Kier alpha value is -1.36. The first-order chi connectivity index (χ1) is 12.3. The number of halogens is 2. The summed E-state index contributed by atoms with van der Waals surface area (Å²) >= 11 is 12.5. The van der Waals surface area contributed by atoms with Crippen molar-refractivity contribution in [2.45, 2.75) is 58.4 Å². The molecule has 2 aromatic rings. The Morgan fingerprint density at radius 3 is 2.73 bits per heavy atom. The third-order valence-electron chi connectivity index (χ3n) is 4.95. The normalized spacial score (nSPS) is 16.3. The Bertz CT molecular complexity index is 805. The molecule has 0 bridgehead atoms. The lowest BCUT2D eigenvalue weighted by molar-refractivity contribution is 0.414. The van der Waals surface area contributed by atoms with E-state index in [0.717, 1.165) is 67.2 Å². The van der Waals surface area contributed by atoms with Crippen molar-refractivity contribution >= 4 is 34.7 Å². The number of unbranched alkanes of at least 4 members (excludes halogenated alkanes) is 1. The van der Waals surface area contributed by atoms with E-state index >= 15 is 0 Å². The van der Waals surface area contributed by atoms with Gasteiger partial charge in [-0.3, -0.25) is 0 Å². The summed E-state index contributed by atoms with van der Waals surface area (Å²) in [6, 6.07) is 5.59. The van der Waals surface area contributed by atoms with Gasteiger partial charge >= 0.3 is 0 Å². The van der Waals surface area contributed by atoms with E-state index in [1.165, 1.54) is 0 Å². The molecule has 26 heavy (non-hydrogen) atoms. The molecule has 0 amide bonds. The second-order valence-corrected chi connectivity index (χ2v) is 8.14. The summed E-state index contributed by atoms with van der Waals surface area (Å²) in [7, 11) is 0.